The van der Waals surface area contributed by atoms with E-state index in [2.05, 4.69) is 10.3 Å². The Hall–Kier alpha value is -1.85. The fourth-order valence-electron chi connectivity index (χ4n) is 1.89. The largest absolute Gasteiger partial charge is 0.336 e. The molecular formula is C11H16N4O2. The Morgan fingerprint density at radius 2 is 2.29 bits per heavy atom. The van der Waals surface area contributed by atoms with Crippen molar-refractivity contribution in [2.45, 2.75) is 33.0 Å². The van der Waals surface area contributed by atoms with Crippen LogP contribution in [0.3, 0.4) is 0 Å². The van der Waals surface area contributed by atoms with Gasteiger partial charge >= 0.3 is 6.03 Å². The first kappa shape index (κ1) is 11.6. The van der Waals surface area contributed by atoms with Crippen LogP contribution in [0.25, 0.3) is 0 Å². The first-order valence-corrected chi connectivity index (χ1v) is 5.66. The van der Waals surface area contributed by atoms with Crippen molar-refractivity contribution >= 4 is 12.3 Å². The minimum absolute atomic E-state index is 0.0932. The summed E-state index contributed by atoms with van der Waals surface area (Å²) in [5.41, 5.74) is 1.23. The number of aldehydes is 1. The lowest BCUT2D eigenvalue weighted by Crippen LogP contribution is -2.46. The minimum Gasteiger partial charge on any atom is -0.336 e. The maximum absolute atomic E-state index is 11.8. The molecule has 2 heterocycles. The number of rotatable bonds is 2. The number of carbonyl (C=O) groups excluding carboxylic acids is 2. The first-order valence-electron chi connectivity index (χ1n) is 5.66. The summed E-state index contributed by atoms with van der Waals surface area (Å²) in [6.07, 6.45) is 2.38. The predicted octanol–water partition coefficient (Wildman–Crippen LogP) is 0.629. The van der Waals surface area contributed by atoms with Gasteiger partial charge < -0.3 is 14.8 Å². The lowest BCUT2D eigenvalue weighted by atomic mass is 10.2. The Kier molecular flexibility index (Phi) is 3.12. The van der Waals surface area contributed by atoms with Crippen LogP contribution in [0.5, 0.6) is 0 Å². The van der Waals surface area contributed by atoms with Gasteiger partial charge in [-0.25, -0.2) is 9.78 Å². The summed E-state index contributed by atoms with van der Waals surface area (Å²) in [5, 5.41) is 2.84. The third-order valence-electron chi connectivity index (χ3n) is 2.74. The lowest BCUT2D eigenvalue weighted by molar-refractivity contribution is 0.111. The molecule has 0 aliphatic carbocycles. The third-order valence-corrected chi connectivity index (χ3v) is 2.74. The first-order chi connectivity index (χ1) is 8.11. The van der Waals surface area contributed by atoms with E-state index in [1.807, 2.05) is 18.4 Å². The van der Waals surface area contributed by atoms with Crippen molar-refractivity contribution in [2.24, 2.45) is 0 Å². The average molecular weight is 236 g/mol. The summed E-state index contributed by atoms with van der Waals surface area (Å²) in [4.78, 5) is 28.3. The van der Waals surface area contributed by atoms with Gasteiger partial charge in [0.15, 0.2) is 6.29 Å². The highest BCUT2D eigenvalue weighted by Gasteiger charge is 2.23. The lowest BCUT2D eigenvalue weighted by Gasteiger charge is -2.29. The van der Waals surface area contributed by atoms with E-state index < -0.39 is 0 Å². The van der Waals surface area contributed by atoms with Crippen molar-refractivity contribution in [1.29, 1.82) is 0 Å². The Balaban J connectivity index is 2.12. The number of nitrogens with zero attached hydrogens (tertiary/aromatic N) is 3. The van der Waals surface area contributed by atoms with Crippen LogP contribution < -0.4 is 5.32 Å². The quantitative estimate of drug-likeness (QED) is 0.766. The Morgan fingerprint density at radius 3 is 2.94 bits per heavy atom. The van der Waals surface area contributed by atoms with Crippen molar-refractivity contribution in [2.75, 3.05) is 6.54 Å². The van der Waals surface area contributed by atoms with Crippen LogP contribution >= 0.6 is 0 Å². The number of fused-ring (bicyclic) bond motifs is 1. The Bertz CT molecular complexity index is 439. The van der Waals surface area contributed by atoms with E-state index in [1.54, 1.807) is 11.2 Å². The van der Waals surface area contributed by atoms with Gasteiger partial charge in [0.2, 0.25) is 0 Å². The number of aromatic nitrogens is 2. The maximum Gasteiger partial charge on any atom is 0.318 e. The smallest absolute Gasteiger partial charge is 0.318 e. The van der Waals surface area contributed by atoms with Crippen molar-refractivity contribution in [1.82, 2.24) is 19.8 Å². The second-order valence-corrected chi connectivity index (χ2v) is 4.41. The molecule has 1 aromatic heterocycles. The molecule has 17 heavy (non-hydrogen) atoms. The standard InChI is InChI=1S/C11H16N4O2/c1-8(2)13-11(17)14-3-4-15-7-12-9(6-16)10(15)5-14/h6-8H,3-5H2,1-2H3,(H,13,17). The van der Waals surface area contributed by atoms with Crippen LogP contribution in [0.1, 0.15) is 30.0 Å². The average Bonchev–Trinajstić information content (AvgIpc) is 2.69. The van der Waals surface area contributed by atoms with Crippen LogP contribution in [0.15, 0.2) is 6.33 Å². The summed E-state index contributed by atoms with van der Waals surface area (Å²) in [5.74, 6) is 0. The normalized spacial score (nSPS) is 14.6. The Morgan fingerprint density at radius 1 is 1.53 bits per heavy atom. The van der Waals surface area contributed by atoms with E-state index in [9.17, 15) is 9.59 Å². The molecule has 6 heteroatoms. The summed E-state index contributed by atoms with van der Waals surface area (Å²) in [6, 6.07) is 0.0178. The van der Waals surface area contributed by atoms with Crippen molar-refractivity contribution in [3.8, 4) is 0 Å². The van der Waals surface area contributed by atoms with Crippen LogP contribution in [-0.2, 0) is 13.1 Å². The number of nitrogens with one attached hydrogen (secondary N) is 1. The van der Waals surface area contributed by atoms with E-state index in [-0.39, 0.29) is 12.1 Å². The molecule has 6 nitrogen and oxygen atoms in total. The number of amides is 2. The topological polar surface area (TPSA) is 67.2 Å². The molecule has 1 aliphatic rings. The maximum atomic E-state index is 11.8. The van der Waals surface area contributed by atoms with E-state index in [1.165, 1.54) is 0 Å². The minimum atomic E-state index is -0.0932. The van der Waals surface area contributed by atoms with Crippen molar-refractivity contribution in [3.05, 3.63) is 17.7 Å². The zero-order valence-corrected chi connectivity index (χ0v) is 10.0. The number of imidazole rings is 1. The fourth-order valence-corrected chi connectivity index (χ4v) is 1.89. The second kappa shape index (κ2) is 4.57. The van der Waals surface area contributed by atoms with Crippen molar-refractivity contribution in [3.63, 3.8) is 0 Å². The van der Waals surface area contributed by atoms with Crippen LogP contribution in [0.4, 0.5) is 4.79 Å². The summed E-state index contributed by atoms with van der Waals surface area (Å²) in [7, 11) is 0. The number of hydrogen-bond acceptors (Lipinski definition) is 3. The molecule has 1 aromatic rings. The van der Waals surface area contributed by atoms with E-state index in [4.69, 9.17) is 0 Å². The molecule has 0 radical (unpaired) electrons. The molecule has 1 aliphatic heterocycles. The summed E-state index contributed by atoms with van der Waals surface area (Å²) < 4.78 is 1.92. The number of carbonyl (C=O) groups is 2. The van der Waals surface area contributed by atoms with E-state index >= 15 is 0 Å². The van der Waals surface area contributed by atoms with Crippen LogP contribution in [0, 0.1) is 0 Å². The molecule has 0 spiro atoms. The third kappa shape index (κ3) is 2.30. The van der Waals surface area contributed by atoms with E-state index in [0.717, 1.165) is 12.0 Å². The SMILES string of the molecule is CC(C)NC(=O)N1CCn2cnc(C=O)c2C1. The molecule has 0 unspecified atom stereocenters. The van der Waals surface area contributed by atoms with Gasteiger partial charge in [0, 0.05) is 19.1 Å². The monoisotopic (exact) mass is 236 g/mol. The molecule has 92 valence electrons. The van der Waals surface area contributed by atoms with E-state index in [0.29, 0.717) is 25.3 Å². The molecule has 0 aromatic carbocycles. The molecule has 0 fully saturated rings. The molecular weight excluding hydrogens is 220 g/mol. The van der Waals surface area contributed by atoms with Gasteiger partial charge in [-0.15, -0.1) is 0 Å². The van der Waals surface area contributed by atoms with Gasteiger partial charge in [0.1, 0.15) is 5.69 Å². The molecule has 0 saturated heterocycles. The van der Waals surface area contributed by atoms with Gasteiger partial charge in [-0.1, -0.05) is 0 Å². The van der Waals surface area contributed by atoms with Crippen LogP contribution in [-0.4, -0.2) is 39.4 Å². The van der Waals surface area contributed by atoms with Crippen LogP contribution in [0.2, 0.25) is 0 Å². The highest BCUT2D eigenvalue weighted by Crippen LogP contribution is 2.14. The molecule has 2 rings (SSSR count). The van der Waals surface area contributed by atoms with Gasteiger partial charge in [-0.2, -0.15) is 0 Å². The molecule has 2 amide bonds. The molecule has 0 atom stereocenters. The number of hydrogen-bond donors (Lipinski definition) is 1. The zero-order chi connectivity index (χ0) is 12.4. The second-order valence-electron chi connectivity index (χ2n) is 4.41. The fraction of sp³-hybridized carbons (Fsp3) is 0.545. The van der Waals surface area contributed by atoms with Gasteiger partial charge in [0.25, 0.3) is 0 Å². The highest BCUT2D eigenvalue weighted by atomic mass is 16.2. The Labute approximate surface area is 99.6 Å². The van der Waals surface area contributed by atoms with Gasteiger partial charge in [-0.3, -0.25) is 4.79 Å². The summed E-state index contributed by atoms with van der Waals surface area (Å²) >= 11 is 0. The molecule has 1 N–H and O–H groups in total. The predicted molar refractivity (Wildman–Crippen MR) is 61.7 cm³/mol. The number of urea groups is 1. The molecule has 0 saturated carbocycles. The zero-order valence-electron chi connectivity index (χ0n) is 10.0. The highest BCUT2D eigenvalue weighted by molar-refractivity contribution is 5.76. The van der Waals surface area contributed by atoms with Gasteiger partial charge in [0.05, 0.1) is 18.6 Å². The summed E-state index contributed by atoms with van der Waals surface area (Å²) in [6.45, 7) is 5.60. The van der Waals surface area contributed by atoms with Crippen molar-refractivity contribution < 1.29 is 9.59 Å². The molecule has 0 bridgehead atoms. The van der Waals surface area contributed by atoms with Gasteiger partial charge in [-0.05, 0) is 13.8 Å².